The van der Waals surface area contributed by atoms with E-state index in [1.807, 2.05) is 47.3 Å². The molecule has 5 nitrogen and oxygen atoms in total. The molecule has 1 aliphatic heterocycles. The van der Waals surface area contributed by atoms with Crippen LogP contribution in [0.3, 0.4) is 0 Å². The molecule has 0 radical (unpaired) electrons. The number of aromatic nitrogens is 1. The van der Waals surface area contributed by atoms with Gasteiger partial charge in [-0.15, -0.1) is 0 Å². The van der Waals surface area contributed by atoms with Crippen LogP contribution in [0.4, 0.5) is 5.69 Å². The first-order valence-electron chi connectivity index (χ1n) is 10.7. The molecule has 1 unspecified atom stereocenters. The first kappa shape index (κ1) is 20.9. The van der Waals surface area contributed by atoms with Crippen LogP contribution < -0.4 is 10.3 Å². The minimum atomic E-state index is -0.226. The SMILES string of the molecule is Cc1cc2c(cc1/C=N/NC(=O)c1cccc(-n3cccc3)c1)C(C)CC(C)(C)N2C. The fraction of sp³-hybridized carbons (Fsp3) is 0.308. The molecule has 0 saturated carbocycles. The maximum Gasteiger partial charge on any atom is 0.271 e. The lowest BCUT2D eigenvalue weighted by molar-refractivity contribution is 0.0955. The van der Waals surface area contributed by atoms with Gasteiger partial charge >= 0.3 is 0 Å². The van der Waals surface area contributed by atoms with E-state index in [2.05, 4.69) is 62.3 Å². The molecule has 0 spiro atoms. The number of nitrogens with zero attached hydrogens (tertiary/aromatic N) is 3. The van der Waals surface area contributed by atoms with Crippen LogP contribution in [0.5, 0.6) is 0 Å². The normalized spacial score (nSPS) is 17.6. The van der Waals surface area contributed by atoms with Gasteiger partial charge < -0.3 is 9.47 Å². The molecule has 3 aromatic rings. The molecule has 1 atom stereocenters. The summed E-state index contributed by atoms with van der Waals surface area (Å²) in [6, 6.07) is 15.8. The highest BCUT2D eigenvalue weighted by molar-refractivity contribution is 5.95. The summed E-state index contributed by atoms with van der Waals surface area (Å²) in [4.78, 5) is 15.0. The Morgan fingerprint density at radius 1 is 1.16 bits per heavy atom. The van der Waals surface area contributed by atoms with E-state index in [1.54, 1.807) is 12.3 Å². The topological polar surface area (TPSA) is 49.6 Å². The number of anilines is 1. The number of nitrogens with one attached hydrogen (secondary N) is 1. The van der Waals surface area contributed by atoms with E-state index in [1.165, 1.54) is 11.3 Å². The molecule has 0 aliphatic carbocycles. The number of aryl methyl sites for hydroxylation is 1. The van der Waals surface area contributed by atoms with Gasteiger partial charge in [0.25, 0.3) is 5.91 Å². The van der Waals surface area contributed by atoms with Crippen molar-refractivity contribution in [2.24, 2.45) is 5.10 Å². The molecule has 4 rings (SSSR count). The quantitative estimate of drug-likeness (QED) is 0.467. The van der Waals surface area contributed by atoms with E-state index >= 15 is 0 Å². The first-order chi connectivity index (χ1) is 14.8. The van der Waals surface area contributed by atoms with Gasteiger partial charge in [0, 0.05) is 41.9 Å². The highest BCUT2D eigenvalue weighted by Crippen LogP contribution is 2.43. The number of hydrogen-bond donors (Lipinski definition) is 1. The van der Waals surface area contributed by atoms with Crippen LogP contribution in [0.1, 0.15) is 60.2 Å². The number of benzene rings is 2. The largest absolute Gasteiger partial charge is 0.369 e. The molecule has 1 N–H and O–H groups in total. The molecule has 1 amide bonds. The highest BCUT2D eigenvalue weighted by atomic mass is 16.2. The van der Waals surface area contributed by atoms with E-state index in [0.29, 0.717) is 11.5 Å². The Morgan fingerprint density at radius 3 is 2.65 bits per heavy atom. The average Bonchev–Trinajstić information content (AvgIpc) is 3.28. The molecule has 0 fully saturated rings. The Labute approximate surface area is 184 Å². The van der Waals surface area contributed by atoms with Crippen LogP contribution in [0.25, 0.3) is 5.69 Å². The molecule has 2 aromatic carbocycles. The highest BCUT2D eigenvalue weighted by Gasteiger charge is 2.34. The van der Waals surface area contributed by atoms with Gasteiger partial charge in [0.05, 0.1) is 6.21 Å². The van der Waals surface area contributed by atoms with Crippen molar-refractivity contribution in [1.29, 1.82) is 0 Å². The van der Waals surface area contributed by atoms with E-state index in [-0.39, 0.29) is 11.4 Å². The lowest BCUT2D eigenvalue weighted by atomic mass is 9.79. The predicted molar refractivity (Wildman–Crippen MR) is 128 cm³/mol. The Balaban J connectivity index is 1.52. The third kappa shape index (κ3) is 4.13. The van der Waals surface area contributed by atoms with E-state index in [9.17, 15) is 4.79 Å². The second-order valence-corrected chi connectivity index (χ2v) is 9.08. The smallest absolute Gasteiger partial charge is 0.271 e. The summed E-state index contributed by atoms with van der Waals surface area (Å²) in [7, 11) is 2.17. The van der Waals surface area contributed by atoms with Crippen molar-refractivity contribution in [3.05, 3.63) is 83.2 Å². The Kier molecular flexibility index (Phi) is 5.44. The maximum atomic E-state index is 12.6. The third-order valence-corrected chi connectivity index (χ3v) is 6.40. The van der Waals surface area contributed by atoms with Crippen molar-refractivity contribution in [2.75, 3.05) is 11.9 Å². The number of hydrazone groups is 1. The molecule has 5 heteroatoms. The molecular formula is C26H30N4O. The monoisotopic (exact) mass is 414 g/mol. The lowest BCUT2D eigenvalue weighted by Crippen LogP contribution is -2.45. The summed E-state index contributed by atoms with van der Waals surface area (Å²) in [5.41, 5.74) is 9.10. The molecule has 1 aromatic heterocycles. The lowest BCUT2D eigenvalue weighted by Gasteiger charge is -2.45. The standard InChI is InChI=1S/C26H30N4O/c1-18-13-24-23(19(2)16-26(3,4)29(24)5)15-21(18)17-27-28-25(31)20-9-8-10-22(14-20)30-11-6-7-12-30/h6-15,17,19H,16H2,1-5H3,(H,28,31)/b27-17+. The number of rotatable bonds is 4. The average molecular weight is 415 g/mol. The zero-order valence-corrected chi connectivity index (χ0v) is 18.9. The fourth-order valence-corrected chi connectivity index (χ4v) is 4.41. The maximum absolute atomic E-state index is 12.6. The summed E-state index contributed by atoms with van der Waals surface area (Å²) in [6.45, 7) is 8.95. The van der Waals surface area contributed by atoms with Crippen LogP contribution in [-0.2, 0) is 0 Å². The number of fused-ring (bicyclic) bond motifs is 1. The van der Waals surface area contributed by atoms with Gasteiger partial charge in [-0.3, -0.25) is 4.79 Å². The summed E-state index contributed by atoms with van der Waals surface area (Å²) in [5.74, 6) is 0.246. The first-order valence-corrected chi connectivity index (χ1v) is 10.7. The molecule has 160 valence electrons. The van der Waals surface area contributed by atoms with Gasteiger partial charge in [-0.1, -0.05) is 13.0 Å². The van der Waals surface area contributed by atoms with Gasteiger partial charge in [-0.05, 0) is 92.3 Å². The number of amides is 1. The second-order valence-electron chi connectivity index (χ2n) is 9.08. The molecule has 1 aliphatic rings. The number of hydrogen-bond acceptors (Lipinski definition) is 3. The van der Waals surface area contributed by atoms with Crippen molar-refractivity contribution in [2.45, 2.75) is 45.6 Å². The van der Waals surface area contributed by atoms with Gasteiger partial charge in [0.1, 0.15) is 0 Å². The van der Waals surface area contributed by atoms with Crippen molar-refractivity contribution in [3.8, 4) is 5.69 Å². The Morgan fingerprint density at radius 2 is 1.90 bits per heavy atom. The van der Waals surface area contributed by atoms with E-state index in [4.69, 9.17) is 0 Å². The van der Waals surface area contributed by atoms with Crippen molar-refractivity contribution >= 4 is 17.8 Å². The predicted octanol–water partition coefficient (Wildman–Crippen LogP) is 5.27. The van der Waals surface area contributed by atoms with E-state index in [0.717, 1.165) is 23.2 Å². The zero-order chi connectivity index (χ0) is 22.2. The molecule has 0 saturated heterocycles. The number of carbonyl (C=O) groups excluding carboxylic acids is 1. The van der Waals surface area contributed by atoms with Crippen molar-refractivity contribution in [1.82, 2.24) is 9.99 Å². The van der Waals surface area contributed by atoms with Crippen molar-refractivity contribution < 1.29 is 4.79 Å². The Bertz CT molecular complexity index is 1130. The van der Waals surface area contributed by atoms with Gasteiger partial charge in [0.15, 0.2) is 0 Å². The zero-order valence-electron chi connectivity index (χ0n) is 18.9. The molecule has 2 heterocycles. The van der Waals surface area contributed by atoms with Gasteiger partial charge in [-0.2, -0.15) is 5.10 Å². The van der Waals surface area contributed by atoms with Gasteiger partial charge in [-0.25, -0.2) is 5.43 Å². The van der Waals surface area contributed by atoms with Crippen molar-refractivity contribution in [3.63, 3.8) is 0 Å². The van der Waals surface area contributed by atoms with Crippen LogP contribution in [0.15, 0.2) is 66.0 Å². The van der Waals surface area contributed by atoms with Crippen LogP contribution >= 0.6 is 0 Å². The molecule has 31 heavy (non-hydrogen) atoms. The van der Waals surface area contributed by atoms with Crippen LogP contribution in [-0.4, -0.2) is 29.3 Å². The summed E-state index contributed by atoms with van der Waals surface area (Å²) in [6.07, 6.45) is 6.75. The summed E-state index contributed by atoms with van der Waals surface area (Å²) in [5, 5.41) is 4.25. The number of carbonyl (C=O) groups is 1. The summed E-state index contributed by atoms with van der Waals surface area (Å²) < 4.78 is 1.97. The van der Waals surface area contributed by atoms with Gasteiger partial charge in [0.2, 0.25) is 0 Å². The molecule has 0 bridgehead atoms. The van der Waals surface area contributed by atoms with Crippen LogP contribution in [0, 0.1) is 6.92 Å². The minimum Gasteiger partial charge on any atom is -0.369 e. The summed E-state index contributed by atoms with van der Waals surface area (Å²) >= 11 is 0. The second kappa shape index (κ2) is 8.06. The van der Waals surface area contributed by atoms with Crippen LogP contribution in [0.2, 0.25) is 0 Å². The van der Waals surface area contributed by atoms with E-state index < -0.39 is 0 Å². The third-order valence-electron chi connectivity index (χ3n) is 6.40. The fourth-order valence-electron chi connectivity index (χ4n) is 4.41. The Hall–Kier alpha value is -3.34. The molecular weight excluding hydrogens is 384 g/mol. The minimum absolute atomic E-state index is 0.137.